The zero-order valence-corrected chi connectivity index (χ0v) is 12.8. The van der Waals surface area contributed by atoms with Gasteiger partial charge in [-0.3, -0.25) is 10.4 Å². The highest BCUT2D eigenvalue weighted by Gasteiger charge is 2.17. The standard InChI is InChI=1S/C15H17N3O2S/c1-10(8-19-2)16-15-18-17-12(9-21-15)14-7-11-5-3-4-6-13(11)20-14/h3-7,10H,8-9H2,1-2H3,(H,16,18). The molecule has 0 radical (unpaired) electrons. The Morgan fingerprint density at radius 2 is 2.33 bits per heavy atom. The van der Waals surface area contributed by atoms with Crippen LogP contribution in [0.4, 0.5) is 0 Å². The molecule has 6 heteroatoms. The Labute approximate surface area is 127 Å². The van der Waals surface area contributed by atoms with Crippen LogP contribution >= 0.6 is 11.8 Å². The molecule has 3 rings (SSSR count). The van der Waals surface area contributed by atoms with Crippen LogP contribution in [0.2, 0.25) is 0 Å². The fourth-order valence-electron chi connectivity index (χ4n) is 2.11. The molecule has 1 aromatic carbocycles. The molecule has 1 atom stereocenters. The number of ether oxygens (including phenoxy) is 1. The number of fused-ring (bicyclic) bond motifs is 1. The lowest BCUT2D eigenvalue weighted by molar-refractivity contribution is 0.186. The van der Waals surface area contributed by atoms with Crippen molar-refractivity contribution in [3.05, 3.63) is 36.1 Å². The highest BCUT2D eigenvalue weighted by Crippen LogP contribution is 2.22. The number of hydrogen-bond acceptors (Lipinski definition) is 5. The minimum atomic E-state index is 0.118. The summed E-state index contributed by atoms with van der Waals surface area (Å²) in [5.41, 5.74) is 4.77. The normalized spacial score (nSPS) is 18.6. The lowest BCUT2D eigenvalue weighted by Gasteiger charge is -2.14. The van der Waals surface area contributed by atoms with E-state index in [0.717, 1.165) is 33.4 Å². The van der Waals surface area contributed by atoms with E-state index in [2.05, 4.69) is 15.5 Å². The molecule has 2 heterocycles. The molecule has 5 nitrogen and oxygen atoms in total. The van der Waals surface area contributed by atoms with Gasteiger partial charge < -0.3 is 9.15 Å². The Morgan fingerprint density at radius 3 is 3.05 bits per heavy atom. The largest absolute Gasteiger partial charge is 0.455 e. The van der Waals surface area contributed by atoms with Gasteiger partial charge in [0, 0.05) is 18.2 Å². The van der Waals surface area contributed by atoms with Crippen LogP contribution in [0, 0.1) is 0 Å². The van der Waals surface area contributed by atoms with E-state index in [4.69, 9.17) is 9.15 Å². The van der Waals surface area contributed by atoms with Crippen molar-refractivity contribution in [3.8, 4) is 0 Å². The number of rotatable bonds is 4. The number of benzene rings is 1. The molecule has 0 aliphatic carbocycles. The number of hydrogen-bond donors (Lipinski definition) is 1. The Kier molecular flexibility index (Phi) is 4.26. The molecule has 0 saturated heterocycles. The third-order valence-electron chi connectivity index (χ3n) is 3.09. The summed E-state index contributed by atoms with van der Waals surface area (Å²) < 4.78 is 10.9. The van der Waals surface area contributed by atoms with E-state index < -0.39 is 0 Å². The van der Waals surface area contributed by atoms with E-state index in [0.29, 0.717) is 6.61 Å². The molecule has 1 aliphatic rings. The van der Waals surface area contributed by atoms with Gasteiger partial charge in [0.05, 0.1) is 12.6 Å². The van der Waals surface area contributed by atoms with Crippen LogP contribution in [-0.4, -0.2) is 36.4 Å². The van der Waals surface area contributed by atoms with Crippen LogP contribution in [0.3, 0.4) is 0 Å². The van der Waals surface area contributed by atoms with Gasteiger partial charge in [-0.1, -0.05) is 30.0 Å². The van der Waals surface area contributed by atoms with Crippen LogP contribution < -0.4 is 5.43 Å². The minimum absolute atomic E-state index is 0.118. The lowest BCUT2D eigenvalue weighted by atomic mass is 10.2. The summed E-state index contributed by atoms with van der Waals surface area (Å²) in [6.45, 7) is 2.61. The third-order valence-corrected chi connectivity index (χ3v) is 3.98. The molecule has 1 unspecified atom stereocenters. The van der Waals surface area contributed by atoms with Crippen LogP contribution in [0.15, 0.2) is 44.8 Å². The van der Waals surface area contributed by atoms with Crippen molar-refractivity contribution in [1.82, 2.24) is 5.43 Å². The molecule has 0 spiro atoms. The highest BCUT2D eigenvalue weighted by atomic mass is 32.2. The summed E-state index contributed by atoms with van der Waals surface area (Å²) in [6, 6.07) is 10.1. The minimum Gasteiger partial charge on any atom is -0.455 e. The van der Waals surface area contributed by atoms with Crippen molar-refractivity contribution >= 4 is 33.6 Å². The van der Waals surface area contributed by atoms with Crippen molar-refractivity contribution < 1.29 is 9.15 Å². The second-order valence-corrected chi connectivity index (χ2v) is 5.81. The van der Waals surface area contributed by atoms with Gasteiger partial charge in [0.2, 0.25) is 0 Å². The van der Waals surface area contributed by atoms with E-state index >= 15 is 0 Å². The number of furan rings is 1. The number of para-hydroxylation sites is 1. The van der Waals surface area contributed by atoms with Gasteiger partial charge in [-0.05, 0) is 19.1 Å². The number of aliphatic imine (C=N–C) groups is 1. The van der Waals surface area contributed by atoms with Crippen molar-refractivity contribution in [2.24, 2.45) is 10.1 Å². The first-order valence-corrected chi connectivity index (χ1v) is 7.76. The summed E-state index contributed by atoms with van der Waals surface area (Å²) in [5, 5.41) is 6.28. The van der Waals surface area contributed by atoms with Gasteiger partial charge in [-0.2, -0.15) is 5.10 Å². The molecule has 0 bridgehead atoms. The number of nitrogens with one attached hydrogen (secondary N) is 1. The molecule has 2 aromatic rings. The smallest absolute Gasteiger partial charge is 0.177 e. The predicted octanol–water partition coefficient (Wildman–Crippen LogP) is 2.86. The maximum Gasteiger partial charge on any atom is 0.177 e. The van der Waals surface area contributed by atoms with Crippen molar-refractivity contribution in [2.75, 3.05) is 19.5 Å². The predicted molar refractivity (Wildman–Crippen MR) is 87.1 cm³/mol. The number of methoxy groups -OCH3 is 1. The number of amidine groups is 1. The Balaban J connectivity index is 1.75. The van der Waals surface area contributed by atoms with Crippen molar-refractivity contribution in [3.63, 3.8) is 0 Å². The summed E-state index contributed by atoms with van der Waals surface area (Å²) in [6.07, 6.45) is 0. The first kappa shape index (κ1) is 14.2. The fourth-order valence-corrected chi connectivity index (χ4v) is 2.96. The monoisotopic (exact) mass is 303 g/mol. The molecule has 1 aromatic heterocycles. The molecule has 0 amide bonds. The highest BCUT2D eigenvalue weighted by molar-refractivity contribution is 8.14. The van der Waals surface area contributed by atoms with Crippen LogP contribution in [-0.2, 0) is 4.74 Å². The van der Waals surface area contributed by atoms with Crippen LogP contribution in [0.5, 0.6) is 0 Å². The summed E-state index contributed by atoms with van der Waals surface area (Å²) in [7, 11) is 1.68. The lowest BCUT2D eigenvalue weighted by Crippen LogP contribution is -2.27. The quantitative estimate of drug-likeness (QED) is 0.943. The van der Waals surface area contributed by atoms with Gasteiger partial charge in [0.15, 0.2) is 10.9 Å². The Bertz CT molecular complexity index is 660. The van der Waals surface area contributed by atoms with Gasteiger partial charge in [0.25, 0.3) is 0 Å². The van der Waals surface area contributed by atoms with Gasteiger partial charge >= 0.3 is 0 Å². The second kappa shape index (κ2) is 6.32. The van der Waals surface area contributed by atoms with Crippen LogP contribution in [0.1, 0.15) is 12.7 Å². The summed E-state index contributed by atoms with van der Waals surface area (Å²) >= 11 is 1.62. The molecular weight excluding hydrogens is 286 g/mol. The van der Waals surface area contributed by atoms with Gasteiger partial charge in [0.1, 0.15) is 11.3 Å². The Hall–Kier alpha value is -1.79. The zero-order valence-electron chi connectivity index (χ0n) is 12.0. The van der Waals surface area contributed by atoms with E-state index in [1.54, 1.807) is 18.9 Å². The SMILES string of the molecule is COCC(C)N=C1NN=C(c2cc3ccccc3o2)CS1. The van der Waals surface area contributed by atoms with Gasteiger partial charge in [-0.25, -0.2) is 0 Å². The first-order chi connectivity index (χ1) is 10.3. The van der Waals surface area contributed by atoms with Crippen molar-refractivity contribution in [1.29, 1.82) is 0 Å². The van der Waals surface area contributed by atoms with E-state index in [-0.39, 0.29) is 6.04 Å². The molecule has 0 fully saturated rings. The molecule has 21 heavy (non-hydrogen) atoms. The second-order valence-electron chi connectivity index (χ2n) is 4.85. The summed E-state index contributed by atoms with van der Waals surface area (Å²) in [5.74, 6) is 1.55. The van der Waals surface area contributed by atoms with Crippen molar-refractivity contribution in [2.45, 2.75) is 13.0 Å². The third kappa shape index (κ3) is 3.28. The molecule has 1 aliphatic heterocycles. The van der Waals surface area contributed by atoms with Gasteiger partial charge in [-0.15, -0.1) is 0 Å². The fraction of sp³-hybridized carbons (Fsp3) is 0.333. The molecular formula is C15H17N3O2S. The van der Waals surface area contributed by atoms with E-state index in [1.165, 1.54) is 0 Å². The molecule has 110 valence electrons. The first-order valence-electron chi connectivity index (χ1n) is 6.77. The number of hydrazone groups is 1. The maximum absolute atomic E-state index is 5.82. The number of thioether (sulfide) groups is 1. The Morgan fingerprint density at radius 1 is 1.48 bits per heavy atom. The van der Waals surface area contributed by atoms with Crippen LogP contribution in [0.25, 0.3) is 11.0 Å². The average molecular weight is 303 g/mol. The molecule has 0 saturated carbocycles. The topological polar surface area (TPSA) is 59.1 Å². The number of nitrogens with zero attached hydrogens (tertiary/aromatic N) is 2. The zero-order chi connectivity index (χ0) is 14.7. The van der Waals surface area contributed by atoms with E-state index in [9.17, 15) is 0 Å². The maximum atomic E-state index is 5.82. The van der Waals surface area contributed by atoms with E-state index in [1.807, 2.05) is 37.3 Å². The average Bonchev–Trinajstić information content (AvgIpc) is 2.92. The summed E-state index contributed by atoms with van der Waals surface area (Å²) in [4.78, 5) is 4.50. The molecule has 1 N–H and O–H groups in total.